The van der Waals surface area contributed by atoms with Crippen LogP contribution in [0.25, 0.3) is 10.9 Å². The van der Waals surface area contributed by atoms with E-state index in [1.807, 2.05) is 12.3 Å². The van der Waals surface area contributed by atoms with E-state index in [2.05, 4.69) is 87.2 Å². The number of carbonyl (C=O) groups excluding carboxylic acids is 1. The molecule has 5 rings (SSSR count). The van der Waals surface area contributed by atoms with E-state index in [0.29, 0.717) is 12.5 Å². The number of ether oxygens (including phenoxy) is 1. The van der Waals surface area contributed by atoms with Crippen molar-refractivity contribution >= 4 is 16.8 Å². The third-order valence-corrected chi connectivity index (χ3v) is 7.91. The number of carbonyl (C=O) groups is 1. The molecule has 38 heavy (non-hydrogen) atoms. The molecule has 0 saturated carbocycles. The fourth-order valence-corrected chi connectivity index (χ4v) is 5.68. The topological polar surface area (TPSA) is 52.2 Å². The van der Waals surface area contributed by atoms with Gasteiger partial charge in [-0.25, -0.2) is 0 Å². The normalized spacial score (nSPS) is 19.2. The number of piperidine rings is 1. The van der Waals surface area contributed by atoms with Crippen molar-refractivity contribution in [3.05, 3.63) is 71.9 Å². The first-order chi connectivity index (χ1) is 18.5. The molecular formula is C31H41N5O2. The minimum absolute atomic E-state index is 0.0811. The van der Waals surface area contributed by atoms with E-state index < -0.39 is 0 Å². The van der Waals surface area contributed by atoms with E-state index in [0.717, 1.165) is 70.0 Å². The third-order valence-electron chi connectivity index (χ3n) is 7.91. The molecule has 1 atom stereocenters. The summed E-state index contributed by atoms with van der Waals surface area (Å²) in [5.74, 6) is 1.23. The van der Waals surface area contributed by atoms with Gasteiger partial charge in [0, 0.05) is 57.4 Å². The molecule has 7 nitrogen and oxygen atoms in total. The second kappa shape index (κ2) is 12.7. The van der Waals surface area contributed by atoms with Gasteiger partial charge in [-0.1, -0.05) is 30.7 Å². The molecule has 202 valence electrons. The van der Waals surface area contributed by atoms with Gasteiger partial charge in [0.2, 0.25) is 5.91 Å². The number of piperazine rings is 1. The van der Waals surface area contributed by atoms with Crippen LogP contribution in [0.4, 0.5) is 0 Å². The highest BCUT2D eigenvalue weighted by atomic mass is 16.5. The zero-order valence-corrected chi connectivity index (χ0v) is 22.9. The zero-order valence-electron chi connectivity index (χ0n) is 22.9. The van der Waals surface area contributed by atoms with Crippen molar-refractivity contribution in [1.82, 2.24) is 24.6 Å². The van der Waals surface area contributed by atoms with Crippen molar-refractivity contribution in [3.8, 4) is 5.75 Å². The molecule has 3 heterocycles. The molecule has 0 aliphatic carbocycles. The molecule has 3 aromatic rings. The molecule has 1 amide bonds. The maximum absolute atomic E-state index is 12.9. The number of benzene rings is 2. The summed E-state index contributed by atoms with van der Waals surface area (Å²) in [6.07, 6.45) is 5.21. The van der Waals surface area contributed by atoms with Crippen molar-refractivity contribution in [3.63, 3.8) is 0 Å². The van der Waals surface area contributed by atoms with E-state index in [4.69, 9.17) is 4.74 Å². The first kappa shape index (κ1) is 26.6. The predicted molar refractivity (Wildman–Crippen MR) is 152 cm³/mol. The van der Waals surface area contributed by atoms with E-state index in [9.17, 15) is 4.79 Å². The average Bonchev–Trinajstić information content (AvgIpc) is 2.94. The van der Waals surface area contributed by atoms with Crippen LogP contribution in [0.15, 0.2) is 60.8 Å². The average molecular weight is 516 g/mol. The van der Waals surface area contributed by atoms with E-state index in [1.54, 1.807) is 0 Å². The van der Waals surface area contributed by atoms with Crippen molar-refractivity contribution in [2.24, 2.45) is 0 Å². The van der Waals surface area contributed by atoms with Gasteiger partial charge in [0.1, 0.15) is 12.4 Å². The van der Waals surface area contributed by atoms with Crippen LogP contribution in [0.3, 0.4) is 0 Å². The van der Waals surface area contributed by atoms with Gasteiger partial charge >= 0.3 is 0 Å². The van der Waals surface area contributed by atoms with Crippen LogP contribution in [-0.2, 0) is 17.9 Å². The second-order valence-electron chi connectivity index (χ2n) is 10.9. The lowest BCUT2D eigenvalue weighted by Gasteiger charge is -2.39. The highest BCUT2D eigenvalue weighted by Gasteiger charge is 2.31. The first-order valence-corrected chi connectivity index (χ1v) is 14.0. The molecule has 2 saturated heterocycles. The summed E-state index contributed by atoms with van der Waals surface area (Å²) in [6, 6.07) is 19.1. The summed E-state index contributed by atoms with van der Waals surface area (Å²) in [5.41, 5.74) is 3.60. The number of likely N-dealkylation sites (N-methyl/N-ethyl adjacent to an activating group) is 1. The fraction of sp³-hybridized carbons (Fsp3) is 0.484. The summed E-state index contributed by atoms with van der Waals surface area (Å²) in [4.78, 5) is 26.4. The Kier molecular flexibility index (Phi) is 8.89. The maximum Gasteiger partial charge on any atom is 0.240 e. The summed E-state index contributed by atoms with van der Waals surface area (Å²) in [5, 5.41) is 1.18. The molecule has 1 aromatic heterocycles. The largest absolute Gasteiger partial charge is 0.492 e. The number of amides is 1. The SMILES string of the molecule is CN(Cc1ccc(OCCN2CCN(C(=O)[C@@H]3CCCCN3C)CC2)cc1)Cc1ccc2ncccc2c1. The number of nitrogens with zero attached hydrogens (tertiary/aromatic N) is 5. The molecule has 0 unspecified atom stereocenters. The number of fused-ring (bicyclic) bond motifs is 1. The summed E-state index contributed by atoms with van der Waals surface area (Å²) in [6.45, 7) is 7.84. The molecule has 2 aliphatic rings. The van der Waals surface area contributed by atoms with E-state index in [-0.39, 0.29) is 6.04 Å². The van der Waals surface area contributed by atoms with Crippen molar-refractivity contribution < 1.29 is 9.53 Å². The minimum atomic E-state index is 0.0811. The highest BCUT2D eigenvalue weighted by Crippen LogP contribution is 2.19. The Morgan fingerprint density at radius 1 is 0.974 bits per heavy atom. The Labute approximate surface area is 227 Å². The van der Waals surface area contributed by atoms with E-state index >= 15 is 0 Å². The molecule has 2 aromatic carbocycles. The van der Waals surface area contributed by atoms with Gasteiger partial charge < -0.3 is 9.64 Å². The number of likely N-dealkylation sites (tertiary alicyclic amines) is 1. The van der Waals surface area contributed by atoms with Crippen LogP contribution in [0.2, 0.25) is 0 Å². The molecular weight excluding hydrogens is 474 g/mol. The third kappa shape index (κ3) is 6.90. The highest BCUT2D eigenvalue weighted by molar-refractivity contribution is 5.82. The lowest BCUT2D eigenvalue weighted by molar-refractivity contribution is -0.139. The van der Waals surface area contributed by atoms with Gasteiger partial charge in [-0.15, -0.1) is 0 Å². The standard InChI is InChI=1S/C31H41N5O2/c1-33(24-26-10-13-29-27(22-26)6-5-14-32-29)23-25-8-11-28(12-9-25)38-21-20-35-16-18-36(19-17-35)31(37)30-7-3-4-15-34(30)2/h5-6,8-14,22,30H,3-4,7,15-21,23-24H2,1-2H3/t30-/m0/s1. The number of aromatic nitrogens is 1. The summed E-state index contributed by atoms with van der Waals surface area (Å²) < 4.78 is 6.04. The number of rotatable bonds is 9. The van der Waals surface area contributed by atoms with Crippen LogP contribution in [-0.4, -0.2) is 96.5 Å². The Hall–Kier alpha value is -3.00. The lowest BCUT2D eigenvalue weighted by atomic mass is 10.0. The van der Waals surface area contributed by atoms with Gasteiger partial charge in [-0.05, 0) is 74.9 Å². The monoisotopic (exact) mass is 515 g/mol. The smallest absolute Gasteiger partial charge is 0.240 e. The van der Waals surface area contributed by atoms with Crippen molar-refractivity contribution in [2.45, 2.75) is 38.4 Å². The van der Waals surface area contributed by atoms with Crippen molar-refractivity contribution in [2.75, 3.05) is 60.0 Å². The Balaban J connectivity index is 1.01. The maximum atomic E-state index is 12.9. The fourth-order valence-electron chi connectivity index (χ4n) is 5.68. The van der Waals surface area contributed by atoms with E-state index in [1.165, 1.54) is 29.4 Å². The second-order valence-corrected chi connectivity index (χ2v) is 10.9. The Morgan fingerprint density at radius 2 is 1.74 bits per heavy atom. The van der Waals surface area contributed by atoms with Crippen molar-refractivity contribution in [1.29, 1.82) is 0 Å². The molecule has 0 N–H and O–H groups in total. The Bertz CT molecular complexity index is 1190. The first-order valence-electron chi connectivity index (χ1n) is 14.0. The molecule has 0 bridgehead atoms. The van der Waals surface area contributed by atoms with Gasteiger partial charge in [-0.3, -0.25) is 24.5 Å². The van der Waals surface area contributed by atoms with Crippen LogP contribution in [0.5, 0.6) is 5.75 Å². The van der Waals surface area contributed by atoms with Crippen LogP contribution in [0.1, 0.15) is 30.4 Å². The number of hydrogen-bond acceptors (Lipinski definition) is 6. The van der Waals surface area contributed by atoms with Gasteiger partial charge in [0.05, 0.1) is 11.6 Å². The minimum Gasteiger partial charge on any atom is -0.492 e. The molecule has 0 radical (unpaired) electrons. The molecule has 0 spiro atoms. The Morgan fingerprint density at radius 3 is 2.53 bits per heavy atom. The molecule has 2 fully saturated rings. The van der Waals surface area contributed by atoms with Gasteiger partial charge in [0.15, 0.2) is 0 Å². The molecule has 2 aliphatic heterocycles. The van der Waals surface area contributed by atoms with Crippen LogP contribution < -0.4 is 4.74 Å². The number of hydrogen-bond donors (Lipinski definition) is 0. The predicted octanol–water partition coefficient (Wildman–Crippen LogP) is 3.87. The quantitative estimate of drug-likeness (QED) is 0.431. The van der Waals surface area contributed by atoms with Crippen LogP contribution >= 0.6 is 0 Å². The molecule has 7 heteroatoms. The van der Waals surface area contributed by atoms with Gasteiger partial charge in [0.25, 0.3) is 0 Å². The van der Waals surface area contributed by atoms with Gasteiger partial charge in [-0.2, -0.15) is 0 Å². The summed E-state index contributed by atoms with van der Waals surface area (Å²) in [7, 11) is 4.24. The van der Waals surface area contributed by atoms with Crippen LogP contribution in [0, 0.1) is 0 Å². The summed E-state index contributed by atoms with van der Waals surface area (Å²) >= 11 is 0. The lowest BCUT2D eigenvalue weighted by Crippen LogP contribution is -2.55. The zero-order chi connectivity index (χ0) is 26.3. The number of pyridine rings is 1.